The van der Waals surface area contributed by atoms with Crippen LogP contribution in [0.1, 0.15) is 12.0 Å². The van der Waals surface area contributed by atoms with Crippen LogP contribution in [-0.4, -0.2) is 26.6 Å². The van der Waals surface area contributed by atoms with Gasteiger partial charge in [0.05, 0.1) is 6.61 Å². The van der Waals surface area contributed by atoms with Gasteiger partial charge >= 0.3 is 11.9 Å². The molecular formula is C15H22O4Si. The van der Waals surface area contributed by atoms with Gasteiger partial charge in [0, 0.05) is 8.07 Å². The van der Waals surface area contributed by atoms with Crippen molar-refractivity contribution in [3.05, 3.63) is 35.9 Å². The Hall–Kier alpha value is -1.62. The lowest BCUT2D eigenvalue weighted by Gasteiger charge is -2.15. The maximum absolute atomic E-state index is 11.5. The lowest BCUT2D eigenvalue weighted by molar-refractivity contribution is -0.155. The highest BCUT2D eigenvalue weighted by Gasteiger charge is 2.16. The predicted octanol–water partition coefficient (Wildman–Crippen LogP) is 3.00. The fraction of sp³-hybridized carbons (Fsp3) is 0.467. The summed E-state index contributed by atoms with van der Waals surface area (Å²) >= 11 is 0. The number of hydrogen-bond acceptors (Lipinski definition) is 4. The Morgan fingerprint density at radius 3 is 2.20 bits per heavy atom. The van der Waals surface area contributed by atoms with Crippen molar-refractivity contribution in [2.75, 3.05) is 6.61 Å². The highest BCUT2D eigenvalue weighted by Crippen LogP contribution is 2.08. The van der Waals surface area contributed by atoms with Crippen LogP contribution in [0.15, 0.2) is 30.3 Å². The van der Waals surface area contributed by atoms with Crippen molar-refractivity contribution in [1.29, 1.82) is 0 Å². The summed E-state index contributed by atoms with van der Waals surface area (Å²) in [7, 11) is -1.22. The van der Waals surface area contributed by atoms with Crippen LogP contribution in [-0.2, 0) is 25.7 Å². The van der Waals surface area contributed by atoms with E-state index in [4.69, 9.17) is 9.47 Å². The summed E-state index contributed by atoms with van der Waals surface area (Å²) in [6, 6.07) is 10.2. The second kappa shape index (κ2) is 7.84. The third-order valence-corrected chi connectivity index (χ3v) is 4.35. The number of carbonyl (C=O) groups excluding carboxylic acids is 2. The highest BCUT2D eigenvalue weighted by atomic mass is 28.3. The molecule has 0 saturated heterocycles. The average Bonchev–Trinajstić information content (AvgIpc) is 2.36. The molecule has 0 aliphatic carbocycles. The van der Waals surface area contributed by atoms with Gasteiger partial charge in [-0.1, -0.05) is 50.0 Å². The molecule has 0 N–H and O–H groups in total. The number of ether oxygens (including phenoxy) is 2. The third kappa shape index (κ3) is 7.73. The van der Waals surface area contributed by atoms with E-state index in [-0.39, 0.29) is 13.0 Å². The highest BCUT2D eigenvalue weighted by molar-refractivity contribution is 6.76. The Kier molecular flexibility index (Phi) is 6.44. The van der Waals surface area contributed by atoms with Gasteiger partial charge in [-0.2, -0.15) is 0 Å². The van der Waals surface area contributed by atoms with Crippen molar-refractivity contribution in [2.45, 2.75) is 38.7 Å². The minimum absolute atomic E-state index is 0.182. The SMILES string of the molecule is C[Si](C)(C)CCOC(=O)CC(=O)OCc1ccccc1. The smallest absolute Gasteiger partial charge is 0.317 e. The van der Waals surface area contributed by atoms with Crippen LogP contribution in [0, 0.1) is 0 Å². The van der Waals surface area contributed by atoms with Gasteiger partial charge in [0.1, 0.15) is 13.0 Å². The normalized spacial score (nSPS) is 10.9. The molecule has 0 saturated carbocycles. The molecule has 0 radical (unpaired) electrons. The molecule has 1 rings (SSSR count). The molecule has 20 heavy (non-hydrogen) atoms. The first-order valence-electron chi connectivity index (χ1n) is 6.72. The summed E-state index contributed by atoms with van der Waals surface area (Å²) in [6.45, 7) is 7.18. The number of carbonyl (C=O) groups is 2. The van der Waals surface area contributed by atoms with Crippen molar-refractivity contribution >= 4 is 20.0 Å². The number of esters is 2. The van der Waals surface area contributed by atoms with Crippen molar-refractivity contribution in [3.63, 3.8) is 0 Å². The molecular weight excluding hydrogens is 272 g/mol. The third-order valence-electron chi connectivity index (χ3n) is 2.65. The van der Waals surface area contributed by atoms with E-state index in [1.807, 2.05) is 30.3 Å². The quantitative estimate of drug-likeness (QED) is 0.441. The van der Waals surface area contributed by atoms with Crippen LogP contribution in [0.2, 0.25) is 25.7 Å². The zero-order valence-corrected chi connectivity index (χ0v) is 13.3. The van der Waals surface area contributed by atoms with Crippen molar-refractivity contribution in [1.82, 2.24) is 0 Å². The Morgan fingerprint density at radius 2 is 1.60 bits per heavy atom. The molecule has 0 fully saturated rings. The molecule has 0 aliphatic rings. The number of hydrogen-bond donors (Lipinski definition) is 0. The molecule has 0 atom stereocenters. The summed E-state index contributed by atoms with van der Waals surface area (Å²) in [6.07, 6.45) is -0.321. The van der Waals surface area contributed by atoms with Crippen molar-refractivity contribution in [3.8, 4) is 0 Å². The van der Waals surface area contributed by atoms with Gasteiger partial charge in [-0.05, 0) is 11.6 Å². The van der Waals surface area contributed by atoms with Crippen LogP contribution in [0.4, 0.5) is 0 Å². The Labute approximate surface area is 121 Å². The second-order valence-electron chi connectivity index (χ2n) is 5.85. The molecule has 0 aliphatic heterocycles. The van der Waals surface area contributed by atoms with E-state index in [0.717, 1.165) is 11.6 Å². The molecule has 5 heteroatoms. The predicted molar refractivity (Wildman–Crippen MR) is 80.0 cm³/mol. The zero-order chi connectivity index (χ0) is 15.0. The molecule has 1 aromatic carbocycles. The van der Waals surface area contributed by atoms with Crippen LogP contribution in [0.5, 0.6) is 0 Å². The number of benzene rings is 1. The minimum Gasteiger partial charge on any atom is -0.466 e. The van der Waals surface area contributed by atoms with Crippen LogP contribution in [0.25, 0.3) is 0 Å². The van der Waals surface area contributed by atoms with Gasteiger partial charge in [0.15, 0.2) is 0 Å². The molecule has 0 heterocycles. The first-order valence-corrected chi connectivity index (χ1v) is 10.4. The number of rotatable bonds is 7. The molecule has 0 unspecified atom stereocenters. The lowest BCUT2D eigenvalue weighted by Crippen LogP contribution is -2.23. The topological polar surface area (TPSA) is 52.6 Å². The fourth-order valence-corrected chi connectivity index (χ4v) is 2.14. The lowest BCUT2D eigenvalue weighted by atomic mass is 10.2. The molecule has 1 aromatic rings. The maximum atomic E-state index is 11.5. The monoisotopic (exact) mass is 294 g/mol. The van der Waals surface area contributed by atoms with Crippen molar-refractivity contribution in [2.24, 2.45) is 0 Å². The molecule has 0 spiro atoms. The van der Waals surface area contributed by atoms with E-state index in [1.165, 1.54) is 0 Å². The van der Waals surface area contributed by atoms with E-state index in [1.54, 1.807) is 0 Å². The van der Waals surface area contributed by atoms with E-state index >= 15 is 0 Å². The summed E-state index contributed by atoms with van der Waals surface area (Å²) in [5.41, 5.74) is 0.896. The first kappa shape index (κ1) is 16.4. The first-order chi connectivity index (χ1) is 9.37. The Bertz CT molecular complexity index is 437. The largest absolute Gasteiger partial charge is 0.466 e. The van der Waals surface area contributed by atoms with Gasteiger partial charge in [0.2, 0.25) is 0 Å². The molecule has 0 bridgehead atoms. The summed E-state index contributed by atoms with van der Waals surface area (Å²) in [5.74, 6) is -1.06. The van der Waals surface area contributed by atoms with Crippen LogP contribution < -0.4 is 0 Å². The molecule has 110 valence electrons. The van der Waals surface area contributed by atoms with Crippen LogP contribution in [0.3, 0.4) is 0 Å². The van der Waals surface area contributed by atoms with E-state index in [9.17, 15) is 9.59 Å². The average molecular weight is 294 g/mol. The van der Waals surface area contributed by atoms with Gasteiger partial charge in [-0.25, -0.2) is 0 Å². The van der Waals surface area contributed by atoms with Crippen molar-refractivity contribution < 1.29 is 19.1 Å². The fourth-order valence-electron chi connectivity index (χ4n) is 1.43. The maximum Gasteiger partial charge on any atom is 0.317 e. The summed E-state index contributed by atoms with van der Waals surface area (Å²) in [4.78, 5) is 22.9. The standard InChI is InChI=1S/C15H22O4Si/c1-20(2,3)10-9-18-14(16)11-15(17)19-12-13-7-5-4-6-8-13/h4-8H,9-12H2,1-3H3. The van der Waals surface area contributed by atoms with Gasteiger partial charge < -0.3 is 9.47 Å². The van der Waals surface area contributed by atoms with Crippen LogP contribution >= 0.6 is 0 Å². The van der Waals surface area contributed by atoms with Gasteiger partial charge in [0.25, 0.3) is 0 Å². The zero-order valence-electron chi connectivity index (χ0n) is 12.3. The van der Waals surface area contributed by atoms with E-state index < -0.39 is 20.0 Å². The summed E-state index contributed by atoms with van der Waals surface area (Å²) in [5, 5.41) is 0. The second-order valence-corrected chi connectivity index (χ2v) is 11.5. The van der Waals surface area contributed by atoms with E-state index in [0.29, 0.717) is 6.61 Å². The Balaban J connectivity index is 2.20. The molecule has 4 nitrogen and oxygen atoms in total. The molecule has 0 amide bonds. The van der Waals surface area contributed by atoms with Gasteiger partial charge in [-0.3, -0.25) is 9.59 Å². The molecule has 0 aromatic heterocycles. The van der Waals surface area contributed by atoms with Gasteiger partial charge in [-0.15, -0.1) is 0 Å². The minimum atomic E-state index is -1.22. The Morgan fingerprint density at radius 1 is 1.00 bits per heavy atom. The summed E-state index contributed by atoms with van der Waals surface area (Å²) < 4.78 is 10.1. The van der Waals surface area contributed by atoms with E-state index in [2.05, 4.69) is 19.6 Å².